The molecule has 2 aliphatic rings. The Morgan fingerprint density at radius 1 is 1.10 bits per heavy atom. The molecule has 0 fully saturated rings. The van der Waals surface area contributed by atoms with E-state index >= 15 is 0 Å². The summed E-state index contributed by atoms with van der Waals surface area (Å²) in [5, 5.41) is 3.10. The second-order valence-corrected chi connectivity index (χ2v) is 9.04. The molecule has 4 nitrogen and oxygen atoms in total. The van der Waals surface area contributed by atoms with Gasteiger partial charge in [0, 0.05) is 40.6 Å². The molecule has 0 saturated carbocycles. The van der Waals surface area contributed by atoms with Crippen LogP contribution in [0.1, 0.15) is 56.1 Å². The molecule has 4 rings (SSSR count). The fraction of sp³-hybridized carbons (Fsp3) is 0.360. The number of nitrogens with one attached hydrogen (secondary N) is 1. The van der Waals surface area contributed by atoms with Gasteiger partial charge in [-0.1, -0.05) is 43.6 Å². The summed E-state index contributed by atoms with van der Waals surface area (Å²) in [6, 6.07) is 12.2. The van der Waals surface area contributed by atoms with E-state index < -0.39 is 11.7 Å². The van der Waals surface area contributed by atoms with Crippen LogP contribution in [0.5, 0.6) is 5.75 Å². The zero-order chi connectivity index (χ0) is 22.1. The van der Waals surface area contributed by atoms with Crippen LogP contribution in [0, 0.1) is 11.7 Å². The van der Waals surface area contributed by atoms with Gasteiger partial charge in [0.2, 0.25) is 5.91 Å². The summed E-state index contributed by atoms with van der Waals surface area (Å²) in [5.41, 5.74) is 2.31. The molecule has 1 amide bonds. The van der Waals surface area contributed by atoms with Crippen LogP contribution >= 0.6 is 11.6 Å². The van der Waals surface area contributed by atoms with Crippen LogP contribution in [0.2, 0.25) is 5.02 Å². The minimum absolute atomic E-state index is 0.0117. The number of carbonyl (C=O) groups excluding carboxylic acids is 2. The topological polar surface area (TPSA) is 55.4 Å². The second-order valence-electron chi connectivity index (χ2n) is 8.63. The lowest BCUT2D eigenvalue weighted by atomic mass is 9.73. The highest BCUT2D eigenvalue weighted by Gasteiger charge is 2.39. The predicted molar refractivity (Wildman–Crippen MR) is 118 cm³/mol. The smallest absolute Gasteiger partial charge is 0.225 e. The largest absolute Gasteiger partial charge is 0.493 e. The van der Waals surface area contributed by atoms with Crippen molar-refractivity contribution in [1.82, 2.24) is 5.32 Å². The minimum atomic E-state index is -0.655. The van der Waals surface area contributed by atoms with Gasteiger partial charge in [-0.3, -0.25) is 9.59 Å². The Balaban J connectivity index is 1.62. The van der Waals surface area contributed by atoms with E-state index in [4.69, 9.17) is 16.3 Å². The highest BCUT2D eigenvalue weighted by atomic mass is 35.5. The van der Waals surface area contributed by atoms with Crippen molar-refractivity contribution in [3.05, 3.63) is 75.7 Å². The Labute approximate surface area is 186 Å². The molecular formula is C25H25ClFNO3. The number of ether oxygens (including phenoxy) is 1. The minimum Gasteiger partial charge on any atom is -0.493 e. The zero-order valence-corrected chi connectivity index (χ0v) is 18.3. The van der Waals surface area contributed by atoms with Gasteiger partial charge in [-0.2, -0.15) is 0 Å². The quantitative estimate of drug-likeness (QED) is 0.664. The van der Waals surface area contributed by atoms with Gasteiger partial charge in [-0.25, -0.2) is 4.39 Å². The van der Waals surface area contributed by atoms with E-state index in [1.165, 1.54) is 12.1 Å². The molecule has 0 spiro atoms. The van der Waals surface area contributed by atoms with E-state index in [1.807, 2.05) is 24.3 Å². The van der Waals surface area contributed by atoms with E-state index in [-0.39, 0.29) is 34.6 Å². The molecule has 2 atom stereocenters. The first kappa shape index (κ1) is 21.6. The average Bonchev–Trinajstić information content (AvgIpc) is 2.71. The summed E-state index contributed by atoms with van der Waals surface area (Å²) >= 11 is 6.26. The van der Waals surface area contributed by atoms with Crippen molar-refractivity contribution in [1.29, 1.82) is 0 Å². The first-order chi connectivity index (χ1) is 14.8. The lowest BCUT2D eigenvalue weighted by molar-refractivity contribution is -0.122. The summed E-state index contributed by atoms with van der Waals surface area (Å²) in [5.74, 6) is -0.277. The van der Waals surface area contributed by atoms with E-state index in [1.54, 1.807) is 6.07 Å². The summed E-state index contributed by atoms with van der Waals surface area (Å²) in [6.45, 7) is 4.82. The maximum Gasteiger partial charge on any atom is 0.225 e. The van der Waals surface area contributed by atoms with Crippen molar-refractivity contribution in [2.45, 2.75) is 44.9 Å². The summed E-state index contributed by atoms with van der Waals surface area (Å²) in [4.78, 5) is 25.6. The van der Waals surface area contributed by atoms with Crippen molar-refractivity contribution in [3.63, 3.8) is 0 Å². The number of carbonyl (C=O) groups is 2. The van der Waals surface area contributed by atoms with Crippen LogP contribution in [0.4, 0.5) is 4.39 Å². The van der Waals surface area contributed by atoms with Gasteiger partial charge in [-0.15, -0.1) is 0 Å². The fourth-order valence-corrected chi connectivity index (χ4v) is 4.68. The summed E-state index contributed by atoms with van der Waals surface area (Å²) < 4.78 is 20.3. The molecule has 0 bridgehead atoms. The second kappa shape index (κ2) is 8.83. The van der Waals surface area contributed by atoms with Gasteiger partial charge in [-0.05, 0) is 48.1 Å². The standard InChI is InChI=1S/C25H25ClFNO3/c1-14(2)13-31-17-8-6-15(7-9-17)16-10-21-25(22(29)11-16)18(12-23(30)28-21)24-19(26)4-3-5-20(24)27/h3-9,14,16,18H,10-13H2,1-2H3,(H,28,30). The number of benzene rings is 2. The molecule has 1 heterocycles. The molecule has 31 heavy (non-hydrogen) atoms. The highest BCUT2D eigenvalue weighted by Crippen LogP contribution is 2.44. The van der Waals surface area contributed by atoms with Crippen molar-refractivity contribution >= 4 is 23.3 Å². The van der Waals surface area contributed by atoms with Gasteiger partial charge in [0.1, 0.15) is 11.6 Å². The molecule has 2 aromatic rings. The maximum atomic E-state index is 14.6. The maximum absolute atomic E-state index is 14.6. The highest BCUT2D eigenvalue weighted by molar-refractivity contribution is 6.31. The molecule has 6 heteroatoms. The molecule has 1 aliphatic carbocycles. The lowest BCUT2D eigenvalue weighted by Crippen LogP contribution is -2.38. The van der Waals surface area contributed by atoms with Crippen LogP contribution in [-0.2, 0) is 9.59 Å². The van der Waals surface area contributed by atoms with Crippen molar-refractivity contribution in [2.75, 3.05) is 6.61 Å². The number of allylic oxidation sites excluding steroid dienone is 2. The molecule has 1 N–H and O–H groups in total. The van der Waals surface area contributed by atoms with Crippen molar-refractivity contribution in [3.8, 4) is 5.75 Å². The Kier molecular flexibility index (Phi) is 6.15. The number of rotatable bonds is 5. The van der Waals surface area contributed by atoms with Crippen LogP contribution in [0.15, 0.2) is 53.7 Å². The molecular weight excluding hydrogens is 417 g/mol. The monoisotopic (exact) mass is 441 g/mol. The van der Waals surface area contributed by atoms with Gasteiger partial charge in [0.25, 0.3) is 0 Å². The predicted octanol–water partition coefficient (Wildman–Crippen LogP) is 5.52. The average molecular weight is 442 g/mol. The van der Waals surface area contributed by atoms with Gasteiger partial charge < -0.3 is 10.1 Å². The van der Waals surface area contributed by atoms with Crippen LogP contribution in [0.3, 0.4) is 0 Å². The molecule has 1 aliphatic heterocycles. The van der Waals surface area contributed by atoms with E-state index in [2.05, 4.69) is 19.2 Å². The fourth-order valence-electron chi connectivity index (χ4n) is 4.39. The third kappa shape index (κ3) is 4.52. The number of hydrogen-bond acceptors (Lipinski definition) is 3. The van der Waals surface area contributed by atoms with Crippen LogP contribution in [-0.4, -0.2) is 18.3 Å². The van der Waals surface area contributed by atoms with E-state index in [0.717, 1.165) is 11.3 Å². The Morgan fingerprint density at radius 2 is 1.84 bits per heavy atom. The SMILES string of the molecule is CC(C)COc1ccc(C2CC(=O)C3=C(C2)NC(=O)CC3c2c(F)cccc2Cl)cc1. The molecule has 2 unspecified atom stereocenters. The summed E-state index contributed by atoms with van der Waals surface area (Å²) in [7, 11) is 0. The Bertz CT molecular complexity index is 1020. The zero-order valence-electron chi connectivity index (χ0n) is 17.6. The lowest BCUT2D eigenvalue weighted by Gasteiger charge is -2.34. The van der Waals surface area contributed by atoms with Crippen LogP contribution < -0.4 is 10.1 Å². The summed E-state index contributed by atoms with van der Waals surface area (Å²) in [6.07, 6.45) is 0.836. The van der Waals surface area contributed by atoms with Crippen molar-refractivity contribution in [2.24, 2.45) is 5.92 Å². The first-order valence-electron chi connectivity index (χ1n) is 10.6. The molecule has 162 valence electrons. The molecule has 2 aromatic carbocycles. The third-order valence-electron chi connectivity index (χ3n) is 5.82. The van der Waals surface area contributed by atoms with Crippen molar-refractivity contribution < 1.29 is 18.7 Å². The van der Waals surface area contributed by atoms with Gasteiger partial charge in [0.15, 0.2) is 5.78 Å². The van der Waals surface area contributed by atoms with E-state index in [0.29, 0.717) is 36.6 Å². The number of ketones is 1. The normalized spacial score (nSPS) is 21.2. The van der Waals surface area contributed by atoms with Gasteiger partial charge in [0.05, 0.1) is 6.61 Å². The molecule has 0 saturated heterocycles. The number of amides is 1. The van der Waals surface area contributed by atoms with Crippen LogP contribution in [0.25, 0.3) is 0 Å². The number of Topliss-reactive ketones (excluding diaryl/α,β-unsaturated/α-hetero) is 1. The van der Waals surface area contributed by atoms with E-state index in [9.17, 15) is 14.0 Å². The number of halogens is 2. The Hall–Kier alpha value is -2.66. The first-order valence-corrected chi connectivity index (χ1v) is 10.9. The third-order valence-corrected chi connectivity index (χ3v) is 6.15. The molecule has 0 radical (unpaired) electrons. The Morgan fingerprint density at radius 3 is 2.52 bits per heavy atom. The van der Waals surface area contributed by atoms with Gasteiger partial charge >= 0.3 is 0 Å². The molecule has 0 aromatic heterocycles. The number of hydrogen-bond donors (Lipinski definition) is 1.